The lowest BCUT2D eigenvalue weighted by Gasteiger charge is -2.31. The Kier molecular flexibility index (Phi) is 8.16. The molecule has 1 amide bonds. The molecule has 1 aromatic carbocycles. The van der Waals surface area contributed by atoms with Gasteiger partial charge in [0.05, 0.1) is 26.5 Å². The van der Waals surface area contributed by atoms with Crippen LogP contribution in [-0.4, -0.2) is 45.2 Å². The van der Waals surface area contributed by atoms with Crippen LogP contribution in [0.1, 0.15) is 37.2 Å². The average Bonchev–Trinajstić information content (AvgIpc) is 3.20. The predicted molar refractivity (Wildman–Crippen MR) is 115 cm³/mol. The van der Waals surface area contributed by atoms with Crippen LogP contribution in [0.4, 0.5) is 5.69 Å². The number of hydrogen-bond acceptors (Lipinski definition) is 6. The van der Waals surface area contributed by atoms with Gasteiger partial charge in [0.2, 0.25) is 5.91 Å². The maximum Gasteiger partial charge on any atom is 0.224 e. The molecule has 2 aromatic rings. The van der Waals surface area contributed by atoms with Gasteiger partial charge in [-0.15, -0.1) is 0 Å². The normalized spacial score (nSPS) is 15.2. The zero-order chi connectivity index (χ0) is 21.3. The van der Waals surface area contributed by atoms with Crippen molar-refractivity contribution in [2.24, 2.45) is 5.92 Å². The molecule has 0 aliphatic carbocycles. The molecule has 164 valence electrons. The number of hydrogen-bond donors (Lipinski definition) is 1. The lowest BCUT2D eigenvalue weighted by molar-refractivity contribution is -0.116. The summed E-state index contributed by atoms with van der Waals surface area (Å²) in [6.07, 6.45) is 3.62. The fourth-order valence-electron chi connectivity index (χ4n) is 3.83. The van der Waals surface area contributed by atoms with Crippen LogP contribution in [0.25, 0.3) is 0 Å². The third-order valence-corrected chi connectivity index (χ3v) is 5.55. The Balaban J connectivity index is 1.39. The van der Waals surface area contributed by atoms with E-state index in [1.54, 1.807) is 33.5 Å². The van der Waals surface area contributed by atoms with Crippen molar-refractivity contribution in [1.82, 2.24) is 4.90 Å². The first-order valence-corrected chi connectivity index (χ1v) is 10.4. The molecule has 2 heterocycles. The predicted octanol–water partition coefficient (Wildman–Crippen LogP) is 4.07. The van der Waals surface area contributed by atoms with Gasteiger partial charge >= 0.3 is 0 Å². The van der Waals surface area contributed by atoms with Gasteiger partial charge in [0.1, 0.15) is 29.6 Å². The van der Waals surface area contributed by atoms with Crippen LogP contribution in [0.5, 0.6) is 11.5 Å². The van der Waals surface area contributed by atoms with Crippen molar-refractivity contribution < 1.29 is 23.4 Å². The summed E-state index contributed by atoms with van der Waals surface area (Å²) in [6, 6.07) is 9.38. The molecule has 0 unspecified atom stereocenters. The number of likely N-dealkylation sites (tertiary alicyclic amines) is 1. The van der Waals surface area contributed by atoms with Crippen molar-refractivity contribution in [3.8, 4) is 11.5 Å². The SMILES string of the molecule is COCc1ccc(CN2CCC(CCC(=O)Nc3ccc(OC)cc3OC)CC2)o1. The molecule has 7 nitrogen and oxygen atoms in total. The highest BCUT2D eigenvalue weighted by molar-refractivity contribution is 5.92. The van der Waals surface area contributed by atoms with E-state index in [2.05, 4.69) is 10.2 Å². The van der Waals surface area contributed by atoms with E-state index in [0.717, 1.165) is 50.4 Å². The Morgan fingerprint density at radius 2 is 1.87 bits per heavy atom. The molecule has 1 saturated heterocycles. The summed E-state index contributed by atoms with van der Waals surface area (Å²) in [6.45, 7) is 3.39. The van der Waals surface area contributed by atoms with Gasteiger partial charge < -0.3 is 23.9 Å². The third-order valence-electron chi connectivity index (χ3n) is 5.55. The molecule has 30 heavy (non-hydrogen) atoms. The molecule has 1 N–H and O–H groups in total. The number of carbonyl (C=O) groups is 1. The van der Waals surface area contributed by atoms with Gasteiger partial charge in [0, 0.05) is 19.6 Å². The Morgan fingerprint density at radius 1 is 1.10 bits per heavy atom. The van der Waals surface area contributed by atoms with Crippen LogP contribution >= 0.6 is 0 Å². The zero-order valence-corrected chi connectivity index (χ0v) is 18.1. The highest BCUT2D eigenvalue weighted by Gasteiger charge is 2.21. The molecule has 0 atom stereocenters. The van der Waals surface area contributed by atoms with Gasteiger partial charge in [-0.25, -0.2) is 0 Å². The summed E-state index contributed by atoms with van der Waals surface area (Å²) in [7, 11) is 4.85. The molecule has 0 bridgehead atoms. The van der Waals surface area contributed by atoms with Crippen LogP contribution in [0.3, 0.4) is 0 Å². The lowest BCUT2D eigenvalue weighted by atomic mass is 9.92. The second-order valence-corrected chi connectivity index (χ2v) is 7.67. The maximum absolute atomic E-state index is 12.4. The van der Waals surface area contributed by atoms with Crippen molar-refractivity contribution in [2.45, 2.75) is 38.8 Å². The van der Waals surface area contributed by atoms with Crippen LogP contribution in [-0.2, 0) is 22.7 Å². The summed E-state index contributed by atoms with van der Waals surface area (Å²) in [5, 5.41) is 2.95. The molecule has 7 heteroatoms. The summed E-state index contributed by atoms with van der Waals surface area (Å²) in [4.78, 5) is 14.8. The lowest BCUT2D eigenvalue weighted by Crippen LogP contribution is -2.33. The summed E-state index contributed by atoms with van der Waals surface area (Å²) >= 11 is 0. The van der Waals surface area contributed by atoms with Gasteiger partial charge in [-0.3, -0.25) is 9.69 Å². The highest BCUT2D eigenvalue weighted by atomic mass is 16.5. The number of furan rings is 1. The van der Waals surface area contributed by atoms with Crippen LogP contribution in [0.15, 0.2) is 34.7 Å². The van der Waals surface area contributed by atoms with Crippen LogP contribution < -0.4 is 14.8 Å². The van der Waals surface area contributed by atoms with E-state index in [4.69, 9.17) is 18.6 Å². The summed E-state index contributed by atoms with van der Waals surface area (Å²) < 4.78 is 21.4. The van der Waals surface area contributed by atoms with Crippen molar-refractivity contribution in [3.05, 3.63) is 41.9 Å². The smallest absolute Gasteiger partial charge is 0.224 e. The second-order valence-electron chi connectivity index (χ2n) is 7.67. The summed E-state index contributed by atoms with van der Waals surface area (Å²) in [5.41, 5.74) is 0.671. The number of ether oxygens (including phenoxy) is 3. The molecule has 0 radical (unpaired) electrons. The molecule has 3 rings (SSSR count). The monoisotopic (exact) mass is 416 g/mol. The number of nitrogens with one attached hydrogen (secondary N) is 1. The Bertz CT molecular complexity index is 812. The van der Waals surface area contributed by atoms with Gasteiger partial charge in [-0.1, -0.05) is 0 Å². The van der Waals surface area contributed by atoms with Crippen LogP contribution in [0, 0.1) is 5.92 Å². The Hall–Kier alpha value is -2.51. The topological polar surface area (TPSA) is 73.2 Å². The van der Waals surface area contributed by atoms with Gasteiger partial charge in [-0.2, -0.15) is 0 Å². The number of piperidine rings is 1. The number of methoxy groups -OCH3 is 3. The van der Waals surface area contributed by atoms with E-state index >= 15 is 0 Å². The maximum atomic E-state index is 12.4. The second kappa shape index (κ2) is 11.0. The highest BCUT2D eigenvalue weighted by Crippen LogP contribution is 2.30. The van der Waals surface area contributed by atoms with E-state index in [1.807, 2.05) is 18.2 Å². The van der Waals surface area contributed by atoms with Crippen LogP contribution in [0.2, 0.25) is 0 Å². The van der Waals surface area contributed by atoms with Gasteiger partial charge in [0.25, 0.3) is 0 Å². The molecule has 0 saturated carbocycles. The van der Waals surface area contributed by atoms with Gasteiger partial charge in [0.15, 0.2) is 0 Å². The van der Waals surface area contributed by atoms with Crippen molar-refractivity contribution >= 4 is 11.6 Å². The fourth-order valence-corrected chi connectivity index (χ4v) is 3.83. The zero-order valence-electron chi connectivity index (χ0n) is 18.1. The minimum atomic E-state index is 0.0159. The van der Waals surface area contributed by atoms with E-state index in [9.17, 15) is 4.79 Å². The minimum absolute atomic E-state index is 0.0159. The number of amides is 1. The van der Waals surface area contributed by atoms with Crippen molar-refractivity contribution in [3.63, 3.8) is 0 Å². The first-order chi connectivity index (χ1) is 14.6. The first-order valence-electron chi connectivity index (χ1n) is 10.4. The Labute approximate surface area is 178 Å². The molecule has 1 aliphatic heterocycles. The van der Waals surface area contributed by atoms with E-state index in [0.29, 0.717) is 36.1 Å². The Morgan fingerprint density at radius 3 is 2.57 bits per heavy atom. The number of rotatable bonds is 10. The first kappa shape index (κ1) is 22.2. The van der Waals surface area contributed by atoms with Gasteiger partial charge in [-0.05, 0) is 62.5 Å². The number of nitrogens with zero attached hydrogens (tertiary/aromatic N) is 1. The quantitative estimate of drug-likeness (QED) is 0.629. The largest absolute Gasteiger partial charge is 0.497 e. The molecule has 1 aromatic heterocycles. The molecular formula is C23H32N2O5. The number of benzene rings is 1. The van der Waals surface area contributed by atoms with E-state index in [-0.39, 0.29) is 5.91 Å². The average molecular weight is 417 g/mol. The number of carbonyl (C=O) groups excluding carboxylic acids is 1. The number of anilines is 1. The molecule has 1 aliphatic rings. The van der Waals surface area contributed by atoms with E-state index in [1.165, 1.54) is 0 Å². The standard InChI is InChI=1S/C23H32N2O5/c1-27-16-20-6-5-19(30-20)15-25-12-10-17(11-13-25)4-9-23(26)24-21-8-7-18(28-2)14-22(21)29-3/h5-8,14,17H,4,9-13,15-16H2,1-3H3,(H,24,26). The summed E-state index contributed by atoms with van der Waals surface area (Å²) in [5.74, 6) is 3.73. The molecule has 0 spiro atoms. The van der Waals surface area contributed by atoms with E-state index < -0.39 is 0 Å². The fraction of sp³-hybridized carbons (Fsp3) is 0.522. The van der Waals surface area contributed by atoms with Crippen molar-refractivity contribution in [1.29, 1.82) is 0 Å². The minimum Gasteiger partial charge on any atom is -0.497 e. The van der Waals surface area contributed by atoms with Crippen molar-refractivity contribution in [2.75, 3.05) is 39.7 Å². The molecule has 1 fully saturated rings. The molecular weight excluding hydrogens is 384 g/mol. The third kappa shape index (κ3) is 6.24.